The number of benzene rings is 1. The van der Waals surface area contributed by atoms with Gasteiger partial charge in [-0.05, 0) is 28.1 Å². The number of hydrogen-bond donors (Lipinski definition) is 1. The van der Waals surface area contributed by atoms with Gasteiger partial charge in [0, 0.05) is 5.56 Å². The Balaban J connectivity index is 2.34. The number of hydrogen-bond acceptors (Lipinski definition) is 1. The fourth-order valence-electron chi connectivity index (χ4n) is 1.25. The van der Waals surface area contributed by atoms with Gasteiger partial charge in [0.25, 0.3) is 0 Å². The summed E-state index contributed by atoms with van der Waals surface area (Å²) >= 11 is 3.27. The van der Waals surface area contributed by atoms with Gasteiger partial charge in [0.1, 0.15) is 0 Å². The number of aromatic amines is 1. The third-order valence-corrected chi connectivity index (χ3v) is 2.39. The van der Waals surface area contributed by atoms with Gasteiger partial charge in [-0.2, -0.15) is 0 Å². The molecule has 0 unspecified atom stereocenters. The predicted molar refractivity (Wildman–Crippen MR) is 58.4 cm³/mol. The molecule has 0 amide bonds. The van der Waals surface area contributed by atoms with E-state index in [1.807, 2.05) is 24.3 Å². The highest BCUT2D eigenvalue weighted by molar-refractivity contribution is 9.10. The van der Waals surface area contributed by atoms with Gasteiger partial charge in [-0.3, -0.25) is 4.79 Å². The van der Waals surface area contributed by atoms with Crippen LogP contribution in [0, 0.1) is 0 Å². The van der Waals surface area contributed by atoms with E-state index in [-0.39, 0.29) is 5.78 Å². The second kappa shape index (κ2) is 3.80. The lowest BCUT2D eigenvalue weighted by Crippen LogP contribution is -2.00. The smallest absolute Gasteiger partial charge is 0.209 e. The van der Waals surface area contributed by atoms with E-state index >= 15 is 0 Å². The number of halogens is 1. The molecule has 0 aliphatic heterocycles. The highest BCUT2D eigenvalue weighted by Gasteiger charge is 2.09. The van der Waals surface area contributed by atoms with Gasteiger partial charge >= 0.3 is 0 Å². The molecule has 1 aromatic heterocycles. The van der Waals surface area contributed by atoms with E-state index in [0.29, 0.717) is 11.3 Å². The molecule has 2 rings (SSSR count). The molecule has 0 saturated carbocycles. The summed E-state index contributed by atoms with van der Waals surface area (Å²) in [6, 6.07) is 12.8. The first-order valence-electron chi connectivity index (χ1n) is 4.21. The summed E-state index contributed by atoms with van der Waals surface area (Å²) in [7, 11) is 0. The van der Waals surface area contributed by atoms with Gasteiger partial charge in [-0.25, -0.2) is 0 Å². The molecule has 2 nitrogen and oxygen atoms in total. The van der Waals surface area contributed by atoms with Crippen molar-refractivity contribution in [1.29, 1.82) is 0 Å². The molecule has 0 spiro atoms. The molecule has 14 heavy (non-hydrogen) atoms. The average Bonchev–Trinajstić information content (AvgIpc) is 2.65. The van der Waals surface area contributed by atoms with Crippen LogP contribution in [0.1, 0.15) is 16.1 Å². The van der Waals surface area contributed by atoms with Gasteiger partial charge in [0.15, 0.2) is 0 Å². The maximum Gasteiger partial charge on any atom is 0.209 e. The predicted octanol–water partition coefficient (Wildman–Crippen LogP) is 3.01. The zero-order valence-corrected chi connectivity index (χ0v) is 8.91. The van der Waals surface area contributed by atoms with Crippen LogP contribution in [-0.4, -0.2) is 10.8 Å². The topological polar surface area (TPSA) is 32.9 Å². The van der Waals surface area contributed by atoms with E-state index in [9.17, 15) is 4.79 Å². The van der Waals surface area contributed by atoms with Crippen LogP contribution < -0.4 is 0 Å². The van der Waals surface area contributed by atoms with Crippen LogP contribution in [0.25, 0.3) is 0 Å². The molecule has 0 aliphatic rings. The molecular formula is C11H8BrNO. The number of carbonyl (C=O) groups is 1. The summed E-state index contributed by atoms with van der Waals surface area (Å²) in [5, 5.41) is 0. The summed E-state index contributed by atoms with van der Waals surface area (Å²) in [4.78, 5) is 14.7. The maximum atomic E-state index is 11.8. The molecule has 0 fully saturated rings. The molecule has 0 atom stereocenters. The minimum Gasteiger partial charge on any atom is -0.347 e. The minimum absolute atomic E-state index is 0.0105. The molecule has 1 heterocycles. The van der Waals surface area contributed by atoms with E-state index in [1.165, 1.54) is 0 Å². The third kappa shape index (κ3) is 1.77. The largest absolute Gasteiger partial charge is 0.347 e. The number of H-pyrrole nitrogens is 1. The van der Waals surface area contributed by atoms with E-state index < -0.39 is 0 Å². The molecule has 3 heteroatoms. The molecule has 1 aromatic carbocycles. The highest BCUT2D eigenvalue weighted by atomic mass is 79.9. The molecule has 1 N–H and O–H groups in total. The van der Waals surface area contributed by atoms with Crippen molar-refractivity contribution in [3.05, 3.63) is 58.3 Å². The SMILES string of the molecule is O=C(c1ccccc1)c1ccc(Br)[nH]1. The first-order valence-corrected chi connectivity index (χ1v) is 5.01. The molecule has 0 saturated heterocycles. The van der Waals surface area contributed by atoms with Crippen LogP contribution in [0.2, 0.25) is 0 Å². The normalized spacial score (nSPS) is 10.1. The van der Waals surface area contributed by atoms with Crippen molar-refractivity contribution in [1.82, 2.24) is 4.98 Å². The number of aromatic nitrogens is 1. The summed E-state index contributed by atoms with van der Waals surface area (Å²) < 4.78 is 0.816. The second-order valence-corrected chi connectivity index (χ2v) is 3.77. The first-order chi connectivity index (χ1) is 6.77. The van der Waals surface area contributed by atoms with Gasteiger partial charge in [0.2, 0.25) is 5.78 Å². The minimum atomic E-state index is 0.0105. The highest BCUT2D eigenvalue weighted by Crippen LogP contribution is 2.12. The maximum absolute atomic E-state index is 11.8. The number of ketones is 1. The fraction of sp³-hybridized carbons (Fsp3) is 0. The van der Waals surface area contributed by atoms with Crippen molar-refractivity contribution in [2.24, 2.45) is 0 Å². The zero-order valence-electron chi connectivity index (χ0n) is 7.33. The first kappa shape index (κ1) is 9.21. The second-order valence-electron chi connectivity index (χ2n) is 2.92. The zero-order chi connectivity index (χ0) is 9.97. The quantitative estimate of drug-likeness (QED) is 0.816. The molecule has 0 radical (unpaired) electrons. The summed E-state index contributed by atoms with van der Waals surface area (Å²) in [6.45, 7) is 0. The van der Waals surface area contributed by atoms with Gasteiger partial charge in [-0.1, -0.05) is 30.3 Å². The number of nitrogens with one attached hydrogen (secondary N) is 1. The Morgan fingerprint density at radius 3 is 2.36 bits per heavy atom. The van der Waals surface area contributed by atoms with Crippen molar-refractivity contribution in [2.45, 2.75) is 0 Å². The van der Waals surface area contributed by atoms with Crippen LogP contribution in [0.3, 0.4) is 0 Å². The van der Waals surface area contributed by atoms with Crippen molar-refractivity contribution >= 4 is 21.7 Å². The van der Waals surface area contributed by atoms with Crippen LogP contribution in [-0.2, 0) is 0 Å². The van der Waals surface area contributed by atoms with Crippen LogP contribution in [0.15, 0.2) is 47.1 Å². The van der Waals surface area contributed by atoms with Gasteiger partial charge < -0.3 is 4.98 Å². The van der Waals surface area contributed by atoms with Crippen molar-refractivity contribution in [3.8, 4) is 0 Å². The van der Waals surface area contributed by atoms with Crippen molar-refractivity contribution < 1.29 is 4.79 Å². The fourth-order valence-corrected chi connectivity index (χ4v) is 1.59. The van der Waals surface area contributed by atoms with Gasteiger partial charge in [0.05, 0.1) is 10.3 Å². The standard InChI is InChI=1S/C11H8BrNO/c12-10-7-6-9(13-10)11(14)8-4-2-1-3-5-8/h1-7,13H. The molecule has 70 valence electrons. The lowest BCUT2D eigenvalue weighted by molar-refractivity contribution is 0.103. The van der Waals surface area contributed by atoms with Crippen molar-refractivity contribution in [2.75, 3.05) is 0 Å². The average molecular weight is 250 g/mol. The third-order valence-electron chi connectivity index (χ3n) is 1.93. The van der Waals surface area contributed by atoms with Gasteiger partial charge in [-0.15, -0.1) is 0 Å². The van der Waals surface area contributed by atoms with Crippen LogP contribution in [0.5, 0.6) is 0 Å². The van der Waals surface area contributed by atoms with E-state index in [4.69, 9.17) is 0 Å². The molecular weight excluding hydrogens is 242 g/mol. The van der Waals surface area contributed by atoms with E-state index in [1.54, 1.807) is 18.2 Å². The molecule has 0 bridgehead atoms. The Morgan fingerprint density at radius 2 is 1.79 bits per heavy atom. The summed E-state index contributed by atoms with van der Waals surface area (Å²) in [5.41, 5.74) is 1.30. The Labute approximate surface area is 90.1 Å². The Morgan fingerprint density at radius 1 is 1.07 bits per heavy atom. The Hall–Kier alpha value is -1.35. The Bertz CT molecular complexity index is 447. The Kier molecular flexibility index (Phi) is 2.50. The number of rotatable bonds is 2. The van der Waals surface area contributed by atoms with E-state index in [0.717, 1.165) is 4.60 Å². The summed E-state index contributed by atoms with van der Waals surface area (Å²) in [6.07, 6.45) is 0. The molecule has 0 aliphatic carbocycles. The lowest BCUT2D eigenvalue weighted by atomic mass is 10.1. The van der Waals surface area contributed by atoms with Crippen LogP contribution >= 0.6 is 15.9 Å². The summed E-state index contributed by atoms with van der Waals surface area (Å²) in [5.74, 6) is 0.0105. The number of carbonyl (C=O) groups excluding carboxylic acids is 1. The monoisotopic (exact) mass is 249 g/mol. The molecule has 2 aromatic rings. The van der Waals surface area contributed by atoms with Crippen molar-refractivity contribution in [3.63, 3.8) is 0 Å². The van der Waals surface area contributed by atoms with E-state index in [2.05, 4.69) is 20.9 Å². The lowest BCUT2D eigenvalue weighted by Gasteiger charge is -1.96. The van der Waals surface area contributed by atoms with Crippen LogP contribution in [0.4, 0.5) is 0 Å².